The first-order valence-corrected chi connectivity index (χ1v) is 9.90. The zero-order valence-corrected chi connectivity index (χ0v) is 16.2. The summed E-state index contributed by atoms with van der Waals surface area (Å²) in [6.07, 6.45) is 4.68. The van der Waals surface area contributed by atoms with Gasteiger partial charge in [-0.2, -0.15) is 4.98 Å². The van der Waals surface area contributed by atoms with Gasteiger partial charge in [-0.05, 0) is 39.3 Å². The molecule has 0 N–H and O–H groups in total. The lowest BCUT2D eigenvalue weighted by molar-refractivity contribution is 0.0914. The highest BCUT2D eigenvalue weighted by Crippen LogP contribution is 2.45. The molecule has 0 amide bonds. The van der Waals surface area contributed by atoms with Crippen LogP contribution in [0.5, 0.6) is 0 Å². The van der Waals surface area contributed by atoms with Crippen LogP contribution in [-0.4, -0.2) is 52.7 Å². The number of hydrogen-bond donors (Lipinski definition) is 0. The largest absolute Gasteiger partial charge is 0.338 e. The van der Waals surface area contributed by atoms with Gasteiger partial charge in [0, 0.05) is 25.7 Å². The summed E-state index contributed by atoms with van der Waals surface area (Å²) < 4.78 is 5.70. The van der Waals surface area contributed by atoms with Crippen LogP contribution in [0.25, 0.3) is 0 Å². The molecule has 1 aromatic carbocycles. The van der Waals surface area contributed by atoms with Crippen LogP contribution in [-0.2, 0) is 12.0 Å². The van der Waals surface area contributed by atoms with Crippen LogP contribution in [0.2, 0.25) is 0 Å². The molecule has 2 fully saturated rings. The van der Waals surface area contributed by atoms with Gasteiger partial charge in [0.15, 0.2) is 5.82 Å². The van der Waals surface area contributed by atoms with Crippen molar-refractivity contribution in [2.24, 2.45) is 0 Å². The SMILES string of the molecule is Cc1ccc(C2(c3noc(CN4CCN(C)[C@@H](C)C4)n3)CCCC2)cc1. The maximum absolute atomic E-state index is 5.70. The fraction of sp³-hybridized carbons (Fsp3) is 0.619. The Kier molecular flexibility index (Phi) is 4.84. The highest BCUT2D eigenvalue weighted by Gasteiger charge is 2.41. The van der Waals surface area contributed by atoms with E-state index in [-0.39, 0.29) is 5.41 Å². The zero-order valence-electron chi connectivity index (χ0n) is 16.2. The molecule has 26 heavy (non-hydrogen) atoms. The quantitative estimate of drug-likeness (QED) is 0.842. The molecule has 0 radical (unpaired) electrons. The maximum Gasteiger partial charge on any atom is 0.240 e. The minimum Gasteiger partial charge on any atom is -0.338 e. The van der Waals surface area contributed by atoms with Crippen molar-refractivity contribution in [3.8, 4) is 0 Å². The molecule has 1 atom stereocenters. The number of aromatic nitrogens is 2. The van der Waals surface area contributed by atoms with Crippen LogP contribution in [0.3, 0.4) is 0 Å². The first-order chi connectivity index (χ1) is 12.6. The summed E-state index contributed by atoms with van der Waals surface area (Å²) in [6, 6.07) is 9.46. The molecule has 5 nitrogen and oxygen atoms in total. The van der Waals surface area contributed by atoms with Crippen LogP contribution in [0.4, 0.5) is 0 Å². The van der Waals surface area contributed by atoms with E-state index in [1.807, 2.05) is 0 Å². The molecule has 2 aliphatic rings. The van der Waals surface area contributed by atoms with Crippen molar-refractivity contribution >= 4 is 0 Å². The number of nitrogens with zero attached hydrogens (tertiary/aromatic N) is 4. The first-order valence-electron chi connectivity index (χ1n) is 9.90. The van der Waals surface area contributed by atoms with E-state index in [0.717, 1.165) is 50.7 Å². The molecular weight excluding hydrogens is 324 g/mol. The molecule has 1 aliphatic carbocycles. The Hall–Kier alpha value is -1.72. The summed E-state index contributed by atoms with van der Waals surface area (Å²) >= 11 is 0. The van der Waals surface area contributed by atoms with Crippen LogP contribution < -0.4 is 0 Å². The molecule has 0 spiro atoms. The standard InChI is InChI=1S/C21H30N4O/c1-16-6-8-18(9-7-16)21(10-4-5-11-21)20-22-19(26-23-20)15-25-13-12-24(3)17(2)14-25/h6-9,17H,4-5,10-15H2,1-3H3/t17-/m0/s1. The molecule has 1 saturated heterocycles. The van der Waals surface area contributed by atoms with Crippen molar-refractivity contribution in [2.75, 3.05) is 26.7 Å². The van der Waals surface area contributed by atoms with Crippen molar-refractivity contribution < 1.29 is 4.52 Å². The van der Waals surface area contributed by atoms with Gasteiger partial charge in [0.2, 0.25) is 5.89 Å². The van der Waals surface area contributed by atoms with E-state index in [2.05, 4.69) is 60.1 Å². The van der Waals surface area contributed by atoms with Crippen LogP contribution in [0, 0.1) is 6.92 Å². The summed E-state index contributed by atoms with van der Waals surface area (Å²) in [4.78, 5) is 9.70. The van der Waals surface area contributed by atoms with E-state index in [1.165, 1.54) is 24.0 Å². The second-order valence-corrected chi connectivity index (χ2v) is 8.23. The van der Waals surface area contributed by atoms with Crippen LogP contribution in [0.1, 0.15) is 55.4 Å². The van der Waals surface area contributed by atoms with Gasteiger partial charge < -0.3 is 9.42 Å². The molecule has 0 unspecified atom stereocenters. The zero-order chi connectivity index (χ0) is 18.1. The molecule has 0 bridgehead atoms. The topological polar surface area (TPSA) is 45.4 Å². The third-order valence-electron chi connectivity index (χ3n) is 6.36. The lowest BCUT2D eigenvalue weighted by Gasteiger charge is -2.36. The van der Waals surface area contributed by atoms with Crippen molar-refractivity contribution in [3.63, 3.8) is 0 Å². The average Bonchev–Trinajstić information content (AvgIpc) is 3.29. The lowest BCUT2D eigenvalue weighted by atomic mass is 9.78. The molecule has 4 rings (SSSR count). The Bertz CT molecular complexity index is 733. The van der Waals surface area contributed by atoms with Gasteiger partial charge >= 0.3 is 0 Å². The normalized spacial score (nSPS) is 24.2. The molecule has 1 aromatic heterocycles. The van der Waals surface area contributed by atoms with Gasteiger partial charge in [-0.3, -0.25) is 4.90 Å². The predicted octanol–water partition coefficient (Wildman–Crippen LogP) is 3.37. The van der Waals surface area contributed by atoms with Crippen molar-refractivity contribution in [3.05, 3.63) is 47.1 Å². The van der Waals surface area contributed by atoms with Gasteiger partial charge in [-0.1, -0.05) is 47.8 Å². The number of likely N-dealkylation sites (N-methyl/N-ethyl adjacent to an activating group) is 1. The first kappa shape index (κ1) is 17.7. The Labute approximate surface area is 156 Å². The van der Waals surface area contributed by atoms with Gasteiger partial charge in [-0.15, -0.1) is 0 Å². The van der Waals surface area contributed by atoms with Gasteiger partial charge in [-0.25, -0.2) is 0 Å². The van der Waals surface area contributed by atoms with E-state index in [9.17, 15) is 0 Å². The third kappa shape index (κ3) is 3.30. The highest BCUT2D eigenvalue weighted by molar-refractivity contribution is 5.35. The minimum atomic E-state index is -0.0646. The van der Waals surface area contributed by atoms with Gasteiger partial charge in [0.05, 0.1) is 12.0 Å². The Morgan fingerprint density at radius 2 is 1.88 bits per heavy atom. The smallest absolute Gasteiger partial charge is 0.240 e. The summed E-state index contributed by atoms with van der Waals surface area (Å²) in [6.45, 7) is 8.37. The number of aryl methyl sites for hydroxylation is 1. The summed E-state index contributed by atoms with van der Waals surface area (Å²) in [5, 5.41) is 4.45. The van der Waals surface area contributed by atoms with Crippen molar-refractivity contribution in [1.82, 2.24) is 19.9 Å². The number of piperazine rings is 1. The average molecular weight is 354 g/mol. The maximum atomic E-state index is 5.70. The molecule has 1 aliphatic heterocycles. The van der Waals surface area contributed by atoms with Gasteiger partial charge in [0.1, 0.15) is 0 Å². The van der Waals surface area contributed by atoms with E-state index in [0.29, 0.717) is 6.04 Å². The monoisotopic (exact) mass is 354 g/mol. The summed E-state index contributed by atoms with van der Waals surface area (Å²) in [5.74, 6) is 1.64. The van der Waals surface area contributed by atoms with Crippen LogP contribution in [0.15, 0.2) is 28.8 Å². The van der Waals surface area contributed by atoms with Crippen molar-refractivity contribution in [1.29, 1.82) is 0 Å². The van der Waals surface area contributed by atoms with E-state index < -0.39 is 0 Å². The highest BCUT2D eigenvalue weighted by atomic mass is 16.5. The molecule has 1 saturated carbocycles. The number of rotatable bonds is 4. The van der Waals surface area contributed by atoms with E-state index >= 15 is 0 Å². The molecule has 5 heteroatoms. The predicted molar refractivity (Wildman–Crippen MR) is 102 cm³/mol. The molecule has 2 heterocycles. The fourth-order valence-electron chi connectivity index (χ4n) is 4.46. The molecule has 140 valence electrons. The van der Waals surface area contributed by atoms with E-state index in [1.54, 1.807) is 0 Å². The van der Waals surface area contributed by atoms with Crippen molar-refractivity contribution in [2.45, 2.75) is 57.5 Å². The molecule has 2 aromatic rings. The summed E-state index contributed by atoms with van der Waals surface area (Å²) in [7, 11) is 2.19. The van der Waals surface area contributed by atoms with Crippen LogP contribution >= 0.6 is 0 Å². The van der Waals surface area contributed by atoms with Gasteiger partial charge in [0.25, 0.3) is 0 Å². The minimum absolute atomic E-state index is 0.0646. The Morgan fingerprint density at radius 1 is 1.15 bits per heavy atom. The lowest BCUT2D eigenvalue weighted by Crippen LogP contribution is -2.49. The Balaban J connectivity index is 1.54. The fourth-order valence-corrected chi connectivity index (χ4v) is 4.46. The number of benzene rings is 1. The molecular formula is C21H30N4O. The second kappa shape index (κ2) is 7.12. The third-order valence-corrected chi connectivity index (χ3v) is 6.36. The summed E-state index contributed by atoms with van der Waals surface area (Å²) in [5.41, 5.74) is 2.56. The number of hydrogen-bond acceptors (Lipinski definition) is 5. The van der Waals surface area contributed by atoms with E-state index in [4.69, 9.17) is 9.51 Å². The second-order valence-electron chi connectivity index (χ2n) is 8.23. The Morgan fingerprint density at radius 3 is 2.58 bits per heavy atom.